The van der Waals surface area contributed by atoms with Crippen molar-refractivity contribution in [1.82, 2.24) is 0 Å². The summed E-state index contributed by atoms with van der Waals surface area (Å²) in [5, 5.41) is 0. The largest absolute Gasteiger partial charge is 0.392 e. The SMILES string of the molecule is NC(=O)CC(Cc1ccccc1)C(F)(F)F. The van der Waals surface area contributed by atoms with E-state index in [1.807, 2.05) is 0 Å². The van der Waals surface area contributed by atoms with Gasteiger partial charge in [0.2, 0.25) is 5.91 Å². The van der Waals surface area contributed by atoms with E-state index in [9.17, 15) is 18.0 Å². The Morgan fingerprint density at radius 1 is 1.25 bits per heavy atom. The van der Waals surface area contributed by atoms with Crippen molar-refractivity contribution < 1.29 is 18.0 Å². The molecule has 5 heteroatoms. The molecule has 1 atom stereocenters. The Balaban J connectivity index is 2.75. The van der Waals surface area contributed by atoms with E-state index < -0.39 is 24.4 Å². The van der Waals surface area contributed by atoms with Crippen LogP contribution in [0.1, 0.15) is 12.0 Å². The lowest BCUT2D eigenvalue weighted by Crippen LogP contribution is -2.30. The standard InChI is InChI=1S/C11H12F3NO/c12-11(13,14)9(7-10(15)16)6-8-4-2-1-3-5-8/h1-5,9H,6-7H2,(H2,15,16). The highest BCUT2D eigenvalue weighted by molar-refractivity contribution is 5.74. The van der Waals surface area contributed by atoms with Gasteiger partial charge in [-0.3, -0.25) is 4.79 Å². The summed E-state index contributed by atoms with van der Waals surface area (Å²) in [6.07, 6.45) is -5.28. The summed E-state index contributed by atoms with van der Waals surface area (Å²) in [4.78, 5) is 10.6. The molecule has 1 rings (SSSR count). The van der Waals surface area contributed by atoms with Crippen molar-refractivity contribution in [3.05, 3.63) is 35.9 Å². The van der Waals surface area contributed by atoms with Crippen LogP contribution >= 0.6 is 0 Å². The fourth-order valence-electron chi connectivity index (χ4n) is 1.45. The molecule has 0 aliphatic carbocycles. The van der Waals surface area contributed by atoms with Gasteiger partial charge in [0.05, 0.1) is 5.92 Å². The molecule has 1 aromatic rings. The van der Waals surface area contributed by atoms with Crippen molar-refractivity contribution in [2.24, 2.45) is 11.7 Å². The first-order chi connectivity index (χ1) is 7.39. The molecule has 2 N–H and O–H groups in total. The zero-order chi connectivity index (χ0) is 12.2. The van der Waals surface area contributed by atoms with Crippen LogP contribution in [0.3, 0.4) is 0 Å². The van der Waals surface area contributed by atoms with E-state index in [1.165, 1.54) is 0 Å². The number of amides is 1. The second kappa shape index (κ2) is 5.01. The fraction of sp³-hybridized carbons (Fsp3) is 0.364. The van der Waals surface area contributed by atoms with Gasteiger partial charge in [0.25, 0.3) is 0 Å². The maximum Gasteiger partial charge on any atom is 0.392 e. The monoisotopic (exact) mass is 231 g/mol. The van der Waals surface area contributed by atoms with E-state index in [4.69, 9.17) is 5.73 Å². The van der Waals surface area contributed by atoms with Crippen molar-refractivity contribution in [2.75, 3.05) is 0 Å². The van der Waals surface area contributed by atoms with Gasteiger partial charge in [0, 0.05) is 6.42 Å². The van der Waals surface area contributed by atoms with Crippen LogP contribution in [0.5, 0.6) is 0 Å². The second-order valence-corrected chi connectivity index (χ2v) is 3.60. The van der Waals surface area contributed by atoms with E-state index in [0.717, 1.165) is 0 Å². The van der Waals surface area contributed by atoms with E-state index in [-0.39, 0.29) is 6.42 Å². The Morgan fingerprint density at radius 3 is 2.25 bits per heavy atom. The number of alkyl halides is 3. The van der Waals surface area contributed by atoms with Gasteiger partial charge >= 0.3 is 6.18 Å². The third kappa shape index (κ3) is 3.92. The smallest absolute Gasteiger partial charge is 0.370 e. The first kappa shape index (κ1) is 12.5. The molecule has 1 aromatic carbocycles. The molecule has 0 spiro atoms. The molecule has 2 nitrogen and oxygen atoms in total. The Kier molecular flexibility index (Phi) is 3.93. The maximum atomic E-state index is 12.6. The first-order valence-electron chi connectivity index (χ1n) is 4.78. The number of benzene rings is 1. The molecule has 0 aromatic heterocycles. The lowest BCUT2D eigenvalue weighted by molar-refractivity contribution is -0.178. The summed E-state index contributed by atoms with van der Waals surface area (Å²) >= 11 is 0. The molecular formula is C11H12F3NO. The summed E-state index contributed by atoms with van der Waals surface area (Å²) in [6.45, 7) is 0. The van der Waals surface area contributed by atoms with Gasteiger partial charge in [0.1, 0.15) is 0 Å². The van der Waals surface area contributed by atoms with Crippen LogP contribution in [-0.2, 0) is 11.2 Å². The molecule has 0 fully saturated rings. The van der Waals surface area contributed by atoms with Gasteiger partial charge in [-0.2, -0.15) is 13.2 Å². The van der Waals surface area contributed by atoms with E-state index >= 15 is 0 Å². The van der Waals surface area contributed by atoms with Crippen LogP contribution in [0.25, 0.3) is 0 Å². The molecule has 0 saturated heterocycles. The second-order valence-electron chi connectivity index (χ2n) is 3.60. The predicted molar refractivity (Wildman–Crippen MR) is 53.5 cm³/mol. The third-order valence-electron chi connectivity index (χ3n) is 2.24. The molecule has 0 radical (unpaired) electrons. The van der Waals surface area contributed by atoms with Gasteiger partial charge < -0.3 is 5.73 Å². The Morgan fingerprint density at radius 2 is 1.81 bits per heavy atom. The number of carbonyl (C=O) groups is 1. The zero-order valence-corrected chi connectivity index (χ0v) is 8.50. The molecule has 16 heavy (non-hydrogen) atoms. The van der Waals surface area contributed by atoms with Gasteiger partial charge in [0.15, 0.2) is 0 Å². The van der Waals surface area contributed by atoms with Crippen molar-refractivity contribution >= 4 is 5.91 Å². The minimum atomic E-state index is -4.40. The molecular weight excluding hydrogens is 219 g/mol. The van der Waals surface area contributed by atoms with Crippen LogP contribution in [0.4, 0.5) is 13.2 Å². The van der Waals surface area contributed by atoms with E-state index in [1.54, 1.807) is 30.3 Å². The first-order valence-corrected chi connectivity index (χ1v) is 4.78. The van der Waals surface area contributed by atoms with Crippen LogP contribution in [-0.4, -0.2) is 12.1 Å². The number of rotatable bonds is 4. The molecule has 0 heterocycles. The minimum Gasteiger partial charge on any atom is -0.370 e. The maximum absolute atomic E-state index is 12.6. The lowest BCUT2D eigenvalue weighted by Gasteiger charge is -2.18. The highest BCUT2D eigenvalue weighted by Gasteiger charge is 2.40. The normalized spacial score (nSPS) is 13.4. The fourth-order valence-corrected chi connectivity index (χ4v) is 1.45. The van der Waals surface area contributed by atoms with Crippen LogP contribution < -0.4 is 5.73 Å². The van der Waals surface area contributed by atoms with Crippen molar-refractivity contribution in [3.63, 3.8) is 0 Å². The number of carbonyl (C=O) groups excluding carboxylic acids is 1. The minimum absolute atomic E-state index is 0.215. The third-order valence-corrected chi connectivity index (χ3v) is 2.24. The lowest BCUT2D eigenvalue weighted by atomic mass is 9.95. The Hall–Kier alpha value is -1.52. The van der Waals surface area contributed by atoms with Gasteiger partial charge in [-0.15, -0.1) is 0 Å². The van der Waals surface area contributed by atoms with Gasteiger partial charge in [-0.25, -0.2) is 0 Å². The highest BCUT2D eigenvalue weighted by Crippen LogP contribution is 2.31. The average molecular weight is 231 g/mol. The van der Waals surface area contributed by atoms with Crippen LogP contribution in [0.2, 0.25) is 0 Å². The summed E-state index contributed by atoms with van der Waals surface area (Å²) in [5.41, 5.74) is 5.35. The number of hydrogen-bond acceptors (Lipinski definition) is 1. The molecule has 0 aliphatic rings. The van der Waals surface area contributed by atoms with Crippen LogP contribution in [0.15, 0.2) is 30.3 Å². The summed E-state index contributed by atoms with van der Waals surface area (Å²) in [7, 11) is 0. The van der Waals surface area contributed by atoms with Crippen molar-refractivity contribution in [3.8, 4) is 0 Å². The van der Waals surface area contributed by atoms with Crippen molar-refractivity contribution in [2.45, 2.75) is 19.0 Å². The molecule has 0 saturated carbocycles. The highest BCUT2D eigenvalue weighted by atomic mass is 19.4. The predicted octanol–water partition coefficient (Wildman–Crippen LogP) is 2.28. The molecule has 0 bridgehead atoms. The molecule has 1 unspecified atom stereocenters. The quantitative estimate of drug-likeness (QED) is 0.848. The molecule has 1 amide bonds. The Bertz CT molecular complexity index is 348. The van der Waals surface area contributed by atoms with Crippen molar-refractivity contribution in [1.29, 1.82) is 0 Å². The number of primary amides is 1. The number of halogens is 3. The molecule has 0 aliphatic heterocycles. The molecule has 88 valence electrons. The van der Waals surface area contributed by atoms with Crippen LogP contribution in [0, 0.1) is 5.92 Å². The zero-order valence-electron chi connectivity index (χ0n) is 8.50. The summed E-state index contributed by atoms with van der Waals surface area (Å²) < 4.78 is 37.7. The Labute approximate surface area is 91.3 Å². The van der Waals surface area contributed by atoms with Gasteiger partial charge in [-0.05, 0) is 12.0 Å². The summed E-state index contributed by atoms with van der Waals surface area (Å²) in [5.74, 6) is -2.63. The number of hydrogen-bond donors (Lipinski definition) is 1. The topological polar surface area (TPSA) is 43.1 Å². The number of nitrogens with two attached hydrogens (primary N) is 1. The van der Waals surface area contributed by atoms with E-state index in [2.05, 4.69) is 0 Å². The average Bonchev–Trinajstić information content (AvgIpc) is 2.16. The summed E-state index contributed by atoms with van der Waals surface area (Å²) in [6, 6.07) is 8.24. The van der Waals surface area contributed by atoms with Gasteiger partial charge in [-0.1, -0.05) is 30.3 Å². The van der Waals surface area contributed by atoms with E-state index in [0.29, 0.717) is 5.56 Å².